The van der Waals surface area contributed by atoms with Crippen molar-refractivity contribution < 1.29 is 19.5 Å². The second-order valence-corrected chi connectivity index (χ2v) is 6.78. The van der Waals surface area contributed by atoms with Crippen molar-refractivity contribution in [2.45, 2.75) is 57.5 Å². The summed E-state index contributed by atoms with van der Waals surface area (Å²) in [7, 11) is 0. The van der Waals surface area contributed by atoms with Crippen LogP contribution in [0.1, 0.15) is 45.4 Å². The molecule has 1 saturated carbocycles. The molecule has 4 unspecified atom stereocenters. The summed E-state index contributed by atoms with van der Waals surface area (Å²) >= 11 is 0. The Morgan fingerprint density at radius 2 is 2.00 bits per heavy atom. The highest BCUT2D eigenvalue weighted by molar-refractivity contribution is 5.92. The summed E-state index contributed by atoms with van der Waals surface area (Å²) in [4.78, 5) is 39.7. The number of carboxylic acid groups (broad SMARTS) is 1. The number of likely N-dealkylation sites (tertiary alicyclic amines) is 2. The zero-order valence-corrected chi connectivity index (χ0v) is 13.0. The van der Waals surface area contributed by atoms with Gasteiger partial charge in [-0.05, 0) is 32.1 Å². The van der Waals surface area contributed by atoms with Gasteiger partial charge in [-0.1, -0.05) is 12.8 Å². The van der Waals surface area contributed by atoms with E-state index >= 15 is 0 Å². The zero-order chi connectivity index (χ0) is 15.9. The number of fused-ring (bicyclic) bond motifs is 1. The van der Waals surface area contributed by atoms with E-state index in [-0.39, 0.29) is 30.2 Å². The highest BCUT2D eigenvalue weighted by atomic mass is 16.4. The summed E-state index contributed by atoms with van der Waals surface area (Å²) in [6, 6.07) is -0.639. The topological polar surface area (TPSA) is 77.9 Å². The molecule has 6 heteroatoms. The van der Waals surface area contributed by atoms with Gasteiger partial charge in [-0.2, -0.15) is 0 Å². The second kappa shape index (κ2) is 5.89. The van der Waals surface area contributed by atoms with Gasteiger partial charge in [0.25, 0.3) is 0 Å². The van der Waals surface area contributed by atoms with E-state index in [1.165, 1.54) is 0 Å². The molecule has 2 aliphatic heterocycles. The lowest BCUT2D eigenvalue weighted by atomic mass is 9.84. The van der Waals surface area contributed by atoms with Crippen LogP contribution in [0, 0.1) is 11.8 Å². The predicted octanol–water partition coefficient (Wildman–Crippen LogP) is 1.10. The van der Waals surface area contributed by atoms with Crippen LogP contribution in [-0.2, 0) is 14.4 Å². The lowest BCUT2D eigenvalue weighted by molar-refractivity contribution is -0.151. The average molecular weight is 308 g/mol. The number of hydrogen-bond donors (Lipinski definition) is 1. The number of carbonyl (C=O) groups is 3. The molecule has 122 valence electrons. The van der Waals surface area contributed by atoms with E-state index in [4.69, 9.17) is 0 Å². The highest BCUT2D eigenvalue weighted by Gasteiger charge is 2.50. The van der Waals surface area contributed by atoms with Crippen LogP contribution in [0.3, 0.4) is 0 Å². The van der Waals surface area contributed by atoms with Gasteiger partial charge in [0.15, 0.2) is 0 Å². The van der Waals surface area contributed by atoms with Gasteiger partial charge in [-0.25, -0.2) is 4.79 Å². The van der Waals surface area contributed by atoms with Crippen molar-refractivity contribution in [2.24, 2.45) is 11.8 Å². The lowest BCUT2D eigenvalue weighted by Gasteiger charge is -2.34. The standard InChI is InChI=1S/C16H24N2O4/c1-2-17-9-11(8-14(17)19)15(20)18-12-6-4-3-5-10(12)7-13(18)16(21)22/h10-13H,2-9H2,1H3,(H,21,22). The summed E-state index contributed by atoms with van der Waals surface area (Å²) in [5.74, 6) is -1.06. The molecular weight excluding hydrogens is 284 g/mol. The van der Waals surface area contributed by atoms with Gasteiger partial charge in [0.2, 0.25) is 11.8 Å². The average Bonchev–Trinajstić information content (AvgIpc) is 3.07. The fourth-order valence-electron chi connectivity index (χ4n) is 4.45. The van der Waals surface area contributed by atoms with Crippen LogP contribution in [0.5, 0.6) is 0 Å². The summed E-state index contributed by atoms with van der Waals surface area (Å²) in [6.45, 7) is 2.95. The lowest BCUT2D eigenvalue weighted by Crippen LogP contribution is -2.49. The third kappa shape index (κ3) is 2.48. The summed E-state index contributed by atoms with van der Waals surface area (Å²) < 4.78 is 0. The molecule has 2 saturated heterocycles. The SMILES string of the molecule is CCN1CC(C(=O)N2C(C(=O)O)CC3CCCCC32)CC1=O. The zero-order valence-electron chi connectivity index (χ0n) is 13.0. The first kappa shape index (κ1) is 15.3. The van der Waals surface area contributed by atoms with E-state index in [1.807, 2.05) is 6.92 Å². The Kier molecular flexibility index (Phi) is 4.10. The maximum atomic E-state index is 12.9. The van der Waals surface area contributed by atoms with Crippen LogP contribution in [0.4, 0.5) is 0 Å². The normalized spacial score (nSPS) is 34.9. The van der Waals surface area contributed by atoms with Gasteiger partial charge in [0, 0.05) is 25.6 Å². The molecular formula is C16H24N2O4. The molecule has 3 aliphatic rings. The number of carboxylic acids is 1. The summed E-state index contributed by atoms with van der Waals surface area (Å²) in [5, 5.41) is 9.50. The van der Waals surface area contributed by atoms with Crippen molar-refractivity contribution >= 4 is 17.8 Å². The highest BCUT2D eigenvalue weighted by Crippen LogP contribution is 2.41. The minimum atomic E-state index is -0.903. The number of aliphatic carboxylic acids is 1. The Balaban J connectivity index is 1.79. The molecule has 1 aliphatic carbocycles. The van der Waals surface area contributed by atoms with Crippen LogP contribution in [0.25, 0.3) is 0 Å². The van der Waals surface area contributed by atoms with E-state index in [2.05, 4.69) is 0 Å². The number of nitrogens with zero attached hydrogens (tertiary/aromatic N) is 2. The van der Waals surface area contributed by atoms with Crippen molar-refractivity contribution in [3.8, 4) is 0 Å². The molecule has 1 N–H and O–H groups in total. The number of rotatable bonds is 3. The van der Waals surface area contributed by atoms with Crippen molar-refractivity contribution in [3.63, 3.8) is 0 Å². The molecule has 0 bridgehead atoms. The molecule has 0 aromatic rings. The van der Waals surface area contributed by atoms with Gasteiger partial charge < -0.3 is 14.9 Å². The summed E-state index contributed by atoms with van der Waals surface area (Å²) in [6.07, 6.45) is 4.90. The third-order valence-corrected chi connectivity index (χ3v) is 5.57. The minimum Gasteiger partial charge on any atom is -0.480 e. The molecule has 0 radical (unpaired) electrons. The van der Waals surface area contributed by atoms with Gasteiger partial charge in [0.1, 0.15) is 6.04 Å². The van der Waals surface area contributed by atoms with Crippen molar-refractivity contribution in [1.82, 2.24) is 9.80 Å². The molecule has 2 amide bonds. The predicted molar refractivity (Wildman–Crippen MR) is 79.0 cm³/mol. The van der Waals surface area contributed by atoms with E-state index in [0.717, 1.165) is 25.7 Å². The molecule has 2 heterocycles. The van der Waals surface area contributed by atoms with E-state index in [0.29, 0.717) is 25.4 Å². The molecule has 0 aromatic carbocycles. The van der Waals surface area contributed by atoms with Gasteiger partial charge in [0.05, 0.1) is 5.92 Å². The largest absolute Gasteiger partial charge is 0.480 e. The van der Waals surface area contributed by atoms with Gasteiger partial charge in [-0.15, -0.1) is 0 Å². The van der Waals surface area contributed by atoms with Crippen LogP contribution >= 0.6 is 0 Å². The van der Waals surface area contributed by atoms with Gasteiger partial charge in [-0.3, -0.25) is 9.59 Å². The van der Waals surface area contributed by atoms with Crippen LogP contribution in [0.2, 0.25) is 0 Å². The maximum Gasteiger partial charge on any atom is 0.326 e. The van der Waals surface area contributed by atoms with E-state index in [9.17, 15) is 19.5 Å². The Labute approximate surface area is 130 Å². The van der Waals surface area contributed by atoms with Crippen LogP contribution < -0.4 is 0 Å². The second-order valence-electron chi connectivity index (χ2n) is 6.78. The monoisotopic (exact) mass is 308 g/mol. The van der Waals surface area contributed by atoms with E-state index < -0.39 is 12.0 Å². The first-order valence-corrected chi connectivity index (χ1v) is 8.35. The molecule has 0 spiro atoms. The first-order chi connectivity index (χ1) is 10.5. The quantitative estimate of drug-likeness (QED) is 0.847. The van der Waals surface area contributed by atoms with Crippen molar-refractivity contribution in [3.05, 3.63) is 0 Å². The smallest absolute Gasteiger partial charge is 0.326 e. The Bertz CT molecular complexity index is 493. The van der Waals surface area contributed by atoms with Crippen molar-refractivity contribution in [2.75, 3.05) is 13.1 Å². The fraction of sp³-hybridized carbons (Fsp3) is 0.812. The molecule has 0 aromatic heterocycles. The molecule has 4 atom stereocenters. The Morgan fingerprint density at radius 3 is 2.64 bits per heavy atom. The molecule has 6 nitrogen and oxygen atoms in total. The first-order valence-electron chi connectivity index (χ1n) is 8.35. The fourth-order valence-corrected chi connectivity index (χ4v) is 4.45. The molecule has 3 rings (SSSR count). The number of hydrogen-bond acceptors (Lipinski definition) is 3. The van der Waals surface area contributed by atoms with Crippen molar-refractivity contribution in [1.29, 1.82) is 0 Å². The van der Waals surface area contributed by atoms with Crippen LogP contribution in [-0.4, -0.2) is 57.9 Å². The Hall–Kier alpha value is -1.59. The van der Waals surface area contributed by atoms with E-state index in [1.54, 1.807) is 9.80 Å². The van der Waals surface area contributed by atoms with Gasteiger partial charge >= 0.3 is 5.97 Å². The van der Waals surface area contributed by atoms with Crippen LogP contribution in [0.15, 0.2) is 0 Å². The minimum absolute atomic E-state index is 0.00659. The number of carbonyl (C=O) groups excluding carboxylic acids is 2. The Morgan fingerprint density at radius 1 is 1.27 bits per heavy atom. The number of amides is 2. The molecule has 22 heavy (non-hydrogen) atoms. The third-order valence-electron chi connectivity index (χ3n) is 5.57. The maximum absolute atomic E-state index is 12.9. The summed E-state index contributed by atoms with van der Waals surface area (Å²) in [5.41, 5.74) is 0. The molecule has 3 fully saturated rings.